The number of benzene rings is 4. The minimum absolute atomic E-state index is 0.112. The Kier molecular flexibility index (Phi) is 6.48. The Labute approximate surface area is 189 Å². The van der Waals surface area contributed by atoms with Crippen molar-refractivity contribution >= 4 is 10.8 Å². The molecule has 0 saturated heterocycles. The summed E-state index contributed by atoms with van der Waals surface area (Å²) in [4.78, 5) is 0. The molecule has 162 valence electrons. The first-order chi connectivity index (χ1) is 15.9. The van der Waals surface area contributed by atoms with E-state index in [1.165, 1.54) is 29.8 Å². The molecule has 4 aromatic carbocycles. The average molecular weight is 442 g/mol. The van der Waals surface area contributed by atoms with Gasteiger partial charge in [0.2, 0.25) is 0 Å². The van der Waals surface area contributed by atoms with Crippen LogP contribution in [0.15, 0.2) is 66.7 Å². The van der Waals surface area contributed by atoms with Gasteiger partial charge in [-0.1, -0.05) is 61.3 Å². The van der Waals surface area contributed by atoms with Gasteiger partial charge in [-0.25, -0.2) is 17.6 Å². The number of rotatable bonds is 2. The van der Waals surface area contributed by atoms with Crippen LogP contribution in [0.1, 0.15) is 41.2 Å². The molecule has 0 N–H and O–H groups in total. The molecule has 4 aromatic rings. The largest absolute Gasteiger partial charge is 0.205 e. The highest BCUT2D eigenvalue weighted by molar-refractivity contribution is 5.84. The molecular formula is C29H18F4. The summed E-state index contributed by atoms with van der Waals surface area (Å²) in [6, 6.07) is 16.9. The minimum Gasteiger partial charge on any atom is -0.205 e. The van der Waals surface area contributed by atoms with Crippen molar-refractivity contribution in [2.45, 2.75) is 19.8 Å². The van der Waals surface area contributed by atoms with Crippen LogP contribution in [0.25, 0.3) is 10.8 Å². The van der Waals surface area contributed by atoms with Crippen molar-refractivity contribution in [3.63, 3.8) is 0 Å². The standard InChI is InChI=1S/C29H18F4/c1-2-3-19-4-6-20(7-5-19)8-9-22-17-27(31)25(28(32)18-22)14-11-21-10-13-24-23(16-21)12-15-26(30)29(24)33/h4-7,10,12-13,15-18H,2-3H2,1H3. The van der Waals surface area contributed by atoms with Gasteiger partial charge in [0.15, 0.2) is 11.6 Å². The minimum atomic E-state index is -0.947. The lowest BCUT2D eigenvalue weighted by Gasteiger charge is -2.01. The van der Waals surface area contributed by atoms with Gasteiger partial charge in [-0.3, -0.25) is 0 Å². The first-order valence-corrected chi connectivity index (χ1v) is 10.4. The Morgan fingerprint density at radius 3 is 1.94 bits per heavy atom. The highest BCUT2D eigenvalue weighted by Gasteiger charge is 2.09. The third kappa shape index (κ3) is 5.08. The molecule has 0 aliphatic heterocycles. The fraction of sp³-hybridized carbons (Fsp3) is 0.103. The second-order valence-corrected chi connectivity index (χ2v) is 7.56. The van der Waals surface area contributed by atoms with Gasteiger partial charge < -0.3 is 0 Å². The normalized spacial score (nSPS) is 10.3. The van der Waals surface area contributed by atoms with Gasteiger partial charge in [0, 0.05) is 22.1 Å². The first-order valence-electron chi connectivity index (χ1n) is 10.4. The molecule has 33 heavy (non-hydrogen) atoms. The van der Waals surface area contributed by atoms with Crippen LogP contribution in [-0.2, 0) is 6.42 Å². The summed E-state index contributed by atoms with van der Waals surface area (Å²) in [5.74, 6) is 7.33. The van der Waals surface area contributed by atoms with E-state index in [9.17, 15) is 17.6 Å². The van der Waals surface area contributed by atoms with Crippen LogP contribution < -0.4 is 0 Å². The van der Waals surface area contributed by atoms with Crippen molar-refractivity contribution in [2.24, 2.45) is 0 Å². The van der Waals surface area contributed by atoms with E-state index in [1.54, 1.807) is 0 Å². The van der Waals surface area contributed by atoms with E-state index in [2.05, 4.69) is 30.6 Å². The molecule has 0 atom stereocenters. The Balaban J connectivity index is 1.58. The molecule has 0 nitrogen and oxygen atoms in total. The van der Waals surface area contributed by atoms with E-state index in [0.29, 0.717) is 10.9 Å². The van der Waals surface area contributed by atoms with Crippen LogP contribution in [-0.4, -0.2) is 0 Å². The van der Waals surface area contributed by atoms with Gasteiger partial charge in [-0.2, -0.15) is 0 Å². The van der Waals surface area contributed by atoms with E-state index in [1.807, 2.05) is 24.3 Å². The number of hydrogen-bond donors (Lipinski definition) is 0. The maximum Gasteiger partial charge on any atom is 0.166 e. The third-order valence-corrected chi connectivity index (χ3v) is 5.12. The van der Waals surface area contributed by atoms with Gasteiger partial charge in [0.1, 0.15) is 11.6 Å². The van der Waals surface area contributed by atoms with Crippen LogP contribution in [0, 0.1) is 47.0 Å². The number of aryl methyl sites for hydroxylation is 1. The molecule has 0 spiro atoms. The Hall–Kier alpha value is -4.02. The summed E-state index contributed by atoms with van der Waals surface area (Å²) in [5, 5.41) is 0.552. The summed E-state index contributed by atoms with van der Waals surface area (Å²) in [6.45, 7) is 2.11. The molecule has 4 rings (SSSR count). The second-order valence-electron chi connectivity index (χ2n) is 7.56. The zero-order valence-electron chi connectivity index (χ0n) is 17.8. The molecule has 4 heteroatoms. The van der Waals surface area contributed by atoms with Gasteiger partial charge in [0.05, 0.1) is 5.56 Å². The van der Waals surface area contributed by atoms with Gasteiger partial charge in [-0.05, 0) is 59.8 Å². The lowest BCUT2D eigenvalue weighted by Crippen LogP contribution is -1.93. The smallest absolute Gasteiger partial charge is 0.166 e. The predicted octanol–water partition coefficient (Wildman–Crippen LogP) is 7.15. The topological polar surface area (TPSA) is 0 Å². The van der Waals surface area contributed by atoms with Crippen molar-refractivity contribution in [1.29, 1.82) is 0 Å². The Morgan fingerprint density at radius 2 is 1.24 bits per heavy atom. The van der Waals surface area contributed by atoms with Crippen molar-refractivity contribution in [3.05, 3.63) is 118 Å². The van der Waals surface area contributed by atoms with Crippen molar-refractivity contribution in [2.75, 3.05) is 0 Å². The molecular weight excluding hydrogens is 424 g/mol. The molecule has 0 saturated carbocycles. The van der Waals surface area contributed by atoms with E-state index in [-0.39, 0.29) is 16.5 Å². The first kappa shape index (κ1) is 22.2. The van der Waals surface area contributed by atoms with Crippen molar-refractivity contribution < 1.29 is 17.6 Å². The van der Waals surface area contributed by atoms with E-state index in [4.69, 9.17) is 0 Å². The number of halogens is 4. The molecule has 0 heterocycles. The molecule has 0 unspecified atom stereocenters. The summed E-state index contributed by atoms with van der Waals surface area (Å²) in [5.41, 5.74) is 2.22. The summed E-state index contributed by atoms with van der Waals surface area (Å²) in [6.07, 6.45) is 2.04. The van der Waals surface area contributed by atoms with E-state index >= 15 is 0 Å². The summed E-state index contributed by atoms with van der Waals surface area (Å²) in [7, 11) is 0. The van der Waals surface area contributed by atoms with Gasteiger partial charge >= 0.3 is 0 Å². The second kappa shape index (κ2) is 9.63. The van der Waals surface area contributed by atoms with E-state index in [0.717, 1.165) is 36.6 Å². The third-order valence-electron chi connectivity index (χ3n) is 5.12. The lowest BCUT2D eigenvalue weighted by molar-refractivity contribution is 0.517. The lowest BCUT2D eigenvalue weighted by atomic mass is 10.1. The van der Waals surface area contributed by atoms with Crippen LogP contribution >= 0.6 is 0 Å². The molecule has 0 fully saturated rings. The van der Waals surface area contributed by atoms with Crippen molar-refractivity contribution in [1.82, 2.24) is 0 Å². The van der Waals surface area contributed by atoms with Crippen LogP contribution in [0.4, 0.5) is 17.6 Å². The van der Waals surface area contributed by atoms with Gasteiger partial charge in [0.25, 0.3) is 0 Å². The summed E-state index contributed by atoms with van der Waals surface area (Å²) < 4.78 is 56.2. The molecule has 0 bridgehead atoms. The van der Waals surface area contributed by atoms with Gasteiger partial charge in [-0.15, -0.1) is 0 Å². The van der Waals surface area contributed by atoms with Crippen LogP contribution in [0.5, 0.6) is 0 Å². The summed E-state index contributed by atoms with van der Waals surface area (Å²) >= 11 is 0. The molecule has 0 aliphatic carbocycles. The highest BCUT2D eigenvalue weighted by atomic mass is 19.2. The number of fused-ring (bicyclic) bond motifs is 1. The molecule has 0 aliphatic rings. The van der Waals surface area contributed by atoms with Crippen LogP contribution in [0.2, 0.25) is 0 Å². The maximum atomic E-state index is 14.5. The monoisotopic (exact) mass is 442 g/mol. The fourth-order valence-corrected chi connectivity index (χ4v) is 3.43. The quantitative estimate of drug-likeness (QED) is 0.228. The number of hydrogen-bond acceptors (Lipinski definition) is 0. The highest BCUT2D eigenvalue weighted by Crippen LogP contribution is 2.22. The Morgan fingerprint density at radius 1 is 0.606 bits per heavy atom. The average Bonchev–Trinajstić information content (AvgIpc) is 2.81. The molecule has 0 radical (unpaired) electrons. The predicted molar refractivity (Wildman–Crippen MR) is 123 cm³/mol. The fourth-order valence-electron chi connectivity index (χ4n) is 3.43. The SMILES string of the molecule is CCCc1ccc(C#Cc2cc(F)c(C#Cc3ccc4c(F)c(F)ccc4c3)c(F)c2)cc1. The molecule has 0 aromatic heterocycles. The van der Waals surface area contributed by atoms with Crippen LogP contribution in [0.3, 0.4) is 0 Å². The Bertz CT molecular complexity index is 1440. The molecule has 0 amide bonds. The van der Waals surface area contributed by atoms with E-state index < -0.39 is 23.3 Å². The zero-order valence-corrected chi connectivity index (χ0v) is 17.8. The zero-order chi connectivity index (χ0) is 23.4. The maximum absolute atomic E-state index is 14.5. The van der Waals surface area contributed by atoms with Crippen molar-refractivity contribution in [3.8, 4) is 23.7 Å².